The lowest BCUT2D eigenvalue weighted by Crippen LogP contribution is -2.52. The van der Waals surface area contributed by atoms with Crippen LogP contribution in [0.4, 0.5) is 4.79 Å². The van der Waals surface area contributed by atoms with Crippen molar-refractivity contribution in [3.8, 4) is 5.75 Å². The minimum absolute atomic E-state index is 0.0376. The molecule has 3 aliphatic rings. The Bertz CT molecular complexity index is 1020. The number of aromatic nitrogens is 1. The van der Waals surface area contributed by atoms with Gasteiger partial charge >= 0.3 is 6.09 Å². The Morgan fingerprint density at radius 3 is 2.66 bits per heavy atom. The molecule has 0 aliphatic carbocycles. The van der Waals surface area contributed by atoms with Crippen LogP contribution in [0, 0.1) is 5.92 Å². The van der Waals surface area contributed by atoms with E-state index in [1.54, 1.807) is 6.20 Å². The Hall–Kier alpha value is -3.32. The van der Waals surface area contributed by atoms with E-state index in [0.29, 0.717) is 17.6 Å². The van der Waals surface area contributed by atoms with Crippen molar-refractivity contribution in [2.45, 2.75) is 31.6 Å². The van der Waals surface area contributed by atoms with Gasteiger partial charge in [0, 0.05) is 6.54 Å². The van der Waals surface area contributed by atoms with E-state index < -0.39 is 0 Å². The minimum Gasteiger partial charge on any atom is -0.484 e. The molecule has 1 N–H and O–H groups in total. The Morgan fingerprint density at radius 2 is 1.94 bits per heavy atom. The number of carbonyl (C=O) groups is 1. The van der Waals surface area contributed by atoms with Gasteiger partial charge in [0.25, 0.3) is 0 Å². The average molecular weight is 434 g/mol. The summed E-state index contributed by atoms with van der Waals surface area (Å²) in [5, 5.41) is 3.09. The van der Waals surface area contributed by atoms with E-state index in [4.69, 9.17) is 13.9 Å². The molecular formula is C25H27N3O4. The standard InChI is InChI=1S/C25H27N3O4/c29-25(32-22-16-28-12-9-18(22)10-13-28)27-24(19-5-2-1-3-6-19)20-7-4-8-21(15-20)31-17-23-26-11-14-30-23/h1-8,11,14-15,18,22,24H,9-10,12-13,16-17H2,(H,27,29)/t22-,24-/m0/s1. The molecule has 3 aromatic rings. The van der Waals surface area contributed by atoms with Crippen molar-refractivity contribution < 1.29 is 18.7 Å². The highest BCUT2D eigenvalue weighted by Gasteiger charge is 2.36. The molecule has 0 radical (unpaired) electrons. The summed E-state index contributed by atoms with van der Waals surface area (Å²) in [6.45, 7) is 3.29. The van der Waals surface area contributed by atoms with E-state index in [-0.39, 0.29) is 24.8 Å². The zero-order valence-electron chi connectivity index (χ0n) is 17.9. The molecule has 166 valence electrons. The van der Waals surface area contributed by atoms with E-state index in [1.807, 2.05) is 54.6 Å². The zero-order valence-corrected chi connectivity index (χ0v) is 17.9. The molecule has 3 aliphatic heterocycles. The van der Waals surface area contributed by atoms with Crippen LogP contribution in [0.3, 0.4) is 0 Å². The zero-order chi connectivity index (χ0) is 21.8. The highest BCUT2D eigenvalue weighted by Crippen LogP contribution is 2.30. The third kappa shape index (κ3) is 4.78. The topological polar surface area (TPSA) is 76.8 Å². The fourth-order valence-corrected chi connectivity index (χ4v) is 4.59. The van der Waals surface area contributed by atoms with Gasteiger partial charge in [0.05, 0.1) is 12.2 Å². The summed E-state index contributed by atoms with van der Waals surface area (Å²) in [5.74, 6) is 1.65. The van der Waals surface area contributed by atoms with Gasteiger partial charge < -0.3 is 19.2 Å². The van der Waals surface area contributed by atoms with Crippen molar-refractivity contribution in [3.63, 3.8) is 0 Å². The number of amides is 1. The predicted molar refractivity (Wildman–Crippen MR) is 118 cm³/mol. The summed E-state index contributed by atoms with van der Waals surface area (Å²) >= 11 is 0. The van der Waals surface area contributed by atoms with Crippen molar-refractivity contribution in [1.82, 2.24) is 15.2 Å². The summed E-state index contributed by atoms with van der Waals surface area (Å²) < 4.78 is 16.9. The van der Waals surface area contributed by atoms with Gasteiger partial charge in [0.1, 0.15) is 18.1 Å². The maximum atomic E-state index is 12.9. The molecule has 7 heteroatoms. The van der Waals surface area contributed by atoms with Crippen LogP contribution in [0.25, 0.3) is 0 Å². The van der Waals surface area contributed by atoms with Crippen molar-refractivity contribution in [2.75, 3.05) is 19.6 Å². The van der Waals surface area contributed by atoms with E-state index in [1.165, 1.54) is 6.26 Å². The smallest absolute Gasteiger partial charge is 0.408 e. The number of piperidine rings is 3. The molecule has 2 bridgehead atoms. The first kappa shape index (κ1) is 20.6. The number of hydrogen-bond acceptors (Lipinski definition) is 6. The molecule has 7 nitrogen and oxygen atoms in total. The first-order valence-electron chi connectivity index (χ1n) is 11.1. The first-order chi connectivity index (χ1) is 15.7. The number of alkyl carbamates (subject to hydrolysis) is 1. The molecule has 0 unspecified atom stereocenters. The summed E-state index contributed by atoms with van der Waals surface area (Å²) in [7, 11) is 0. The lowest BCUT2D eigenvalue weighted by Gasteiger charge is -2.43. The van der Waals surface area contributed by atoms with Crippen molar-refractivity contribution in [3.05, 3.63) is 84.1 Å². The first-order valence-corrected chi connectivity index (χ1v) is 11.1. The fraction of sp³-hybridized carbons (Fsp3) is 0.360. The molecule has 2 aromatic carbocycles. The molecular weight excluding hydrogens is 406 g/mol. The summed E-state index contributed by atoms with van der Waals surface area (Å²) in [6.07, 6.45) is 4.89. The van der Waals surface area contributed by atoms with Crippen LogP contribution in [0.2, 0.25) is 0 Å². The summed E-state index contributed by atoms with van der Waals surface area (Å²) in [5.41, 5.74) is 1.88. The number of fused-ring (bicyclic) bond motifs is 3. The van der Waals surface area contributed by atoms with E-state index in [2.05, 4.69) is 15.2 Å². The van der Waals surface area contributed by atoms with E-state index >= 15 is 0 Å². The number of nitrogens with one attached hydrogen (secondary N) is 1. The monoisotopic (exact) mass is 433 g/mol. The van der Waals surface area contributed by atoms with Crippen LogP contribution in [0.15, 0.2) is 71.5 Å². The molecule has 0 saturated carbocycles. The highest BCUT2D eigenvalue weighted by molar-refractivity contribution is 5.69. The number of ether oxygens (including phenoxy) is 2. The number of hydrogen-bond donors (Lipinski definition) is 1. The third-order valence-electron chi connectivity index (χ3n) is 6.29. The lowest BCUT2D eigenvalue weighted by atomic mass is 9.86. The molecule has 32 heavy (non-hydrogen) atoms. The predicted octanol–water partition coefficient (Wildman–Crippen LogP) is 4.16. The molecule has 1 amide bonds. The lowest BCUT2D eigenvalue weighted by molar-refractivity contribution is -0.0336. The second-order valence-electron chi connectivity index (χ2n) is 8.36. The Balaban J connectivity index is 1.31. The maximum absolute atomic E-state index is 12.9. The van der Waals surface area contributed by atoms with Crippen molar-refractivity contribution in [2.24, 2.45) is 5.92 Å². The second-order valence-corrected chi connectivity index (χ2v) is 8.36. The molecule has 2 atom stereocenters. The van der Waals surface area contributed by atoms with Gasteiger partial charge in [-0.3, -0.25) is 4.90 Å². The number of carbonyl (C=O) groups excluding carboxylic acids is 1. The summed E-state index contributed by atoms with van der Waals surface area (Å²) in [6, 6.07) is 17.2. The average Bonchev–Trinajstić information content (AvgIpc) is 3.37. The molecule has 3 saturated heterocycles. The fourth-order valence-electron chi connectivity index (χ4n) is 4.59. The summed E-state index contributed by atoms with van der Waals surface area (Å²) in [4.78, 5) is 19.4. The molecule has 4 heterocycles. The van der Waals surface area contributed by atoms with Crippen molar-refractivity contribution >= 4 is 6.09 Å². The van der Waals surface area contributed by atoms with Crippen LogP contribution in [-0.2, 0) is 11.3 Å². The van der Waals surface area contributed by atoms with Crippen molar-refractivity contribution in [1.29, 1.82) is 0 Å². The number of rotatable bonds is 7. The van der Waals surface area contributed by atoms with Gasteiger partial charge in [0.2, 0.25) is 5.89 Å². The van der Waals surface area contributed by atoms with E-state index in [9.17, 15) is 4.79 Å². The third-order valence-corrected chi connectivity index (χ3v) is 6.29. The van der Waals surface area contributed by atoms with Crippen LogP contribution in [0.5, 0.6) is 5.75 Å². The quantitative estimate of drug-likeness (QED) is 0.603. The Kier molecular flexibility index (Phi) is 6.07. The van der Waals surface area contributed by atoms with Crippen LogP contribution in [-0.4, -0.2) is 41.7 Å². The molecule has 3 fully saturated rings. The van der Waals surface area contributed by atoms with Gasteiger partial charge in [-0.2, -0.15) is 0 Å². The normalized spacial score (nSPS) is 22.8. The number of nitrogens with zero attached hydrogens (tertiary/aromatic N) is 2. The number of benzene rings is 2. The number of oxazole rings is 1. The van der Waals surface area contributed by atoms with Crippen LogP contribution in [0.1, 0.15) is 35.9 Å². The largest absolute Gasteiger partial charge is 0.484 e. The molecule has 6 rings (SSSR count). The Labute approximate surface area is 187 Å². The Morgan fingerprint density at radius 1 is 1.12 bits per heavy atom. The SMILES string of the molecule is O=C(N[C@@H](c1ccccc1)c1cccc(OCc2ncco2)c1)O[C@H]1CN2CCC1CC2. The van der Waals surface area contributed by atoms with Gasteiger partial charge in [-0.15, -0.1) is 0 Å². The van der Waals surface area contributed by atoms with Crippen LogP contribution < -0.4 is 10.1 Å². The van der Waals surface area contributed by atoms with Gasteiger partial charge in [0.15, 0.2) is 6.61 Å². The van der Waals surface area contributed by atoms with Gasteiger partial charge in [-0.05, 0) is 55.1 Å². The molecule has 1 aromatic heterocycles. The minimum atomic E-state index is -0.385. The van der Waals surface area contributed by atoms with Gasteiger partial charge in [-0.25, -0.2) is 9.78 Å². The van der Waals surface area contributed by atoms with Gasteiger partial charge in [-0.1, -0.05) is 42.5 Å². The molecule has 0 spiro atoms. The maximum Gasteiger partial charge on any atom is 0.408 e. The van der Waals surface area contributed by atoms with E-state index in [0.717, 1.165) is 43.6 Å². The second kappa shape index (κ2) is 9.44. The van der Waals surface area contributed by atoms with Crippen LogP contribution >= 0.6 is 0 Å². The highest BCUT2D eigenvalue weighted by atomic mass is 16.6.